The summed E-state index contributed by atoms with van der Waals surface area (Å²) in [6.07, 6.45) is 2.35. The van der Waals surface area contributed by atoms with Gasteiger partial charge in [0.1, 0.15) is 24.1 Å². The number of hydrogen-bond donors (Lipinski definition) is 5. The number of aliphatic hydroxyl groups is 4. The van der Waals surface area contributed by atoms with Crippen molar-refractivity contribution < 1.29 is 34.8 Å². The van der Waals surface area contributed by atoms with Crippen LogP contribution in [0.1, 0.15) is 38.5 Å². The van der Waals surface area contributed by atoms with Crippen molar-refractivity contribution in [3.05, 3.63) is 12.2 Å². The lowest BCUT2D eigenvalue weighted by molar-refractivity contribution is -0.234. The molecule has 1 aliphatic heterocycles. The van der Waals surface area contributed by atoms with E-state index in [2.05, 4.69) is 17.8 Å². The molecular weight excluding hydrogens is 354 g/mol. The average molecular weight is 381 g/mol. The van der Waals surface area contributed by atoms with Gasteiger partial charge in [-0.05, 0) is 12.8 Å². The first-order valence-corrected chi connectivity index (χ1v) is 8.95. The third-order valence-corrected chi connectivity index (χ3v) is 5.19. The summed E-state index contributed by atoms with van der Waals surface area (Å²) in [6, 6.07) is 0. The third kappa shape index (κ3) is 4.57. The molecule has 1 saturated carbocycles. The van der Waals surface area contributed by atoms with Crippen LogP contribution < -0.4 is 5.32 Å². The van der Waals surface area contributed by atoms with Crippen molar-refractivity contribution in [3.63, 3.8) is 0 Å². The van der Waals surface area contributed by atoms with Crippen LogP contribution >= 0.6 is 0 Å². The molecule has 1 unspecified atom stereocenters. The van der Waals surface area contributed by atoms with Gasteiger partial charge in [-0.25, -0.2) is 0 Å². The van der Waals surface area contributed by atoms with Gasteiger partial charge < -0.3 is 30.5 Å². The first-order valence-electron chi connectivity index (χ1n) is 8.95. The maximum atomic E-state index is 12.7. The fourth-order valence-corrected chi connectivity index (χ4v) is 3.84. The van der Waals surface area contributed by atoms with Gasteiger partial charge in [0.15, 0.2) is 5.79 Å². The van der Waals surface area contributed by atoms with Crippen LogP contribution in [0.5, 0.6) is 0 Å². The van der Waals surface area contributed by atoms with Gasteiger partial charge in [0.2, 0.25) is 5.91 Å². The number of allylic oxidation sites excluding steroid dienone is 1. The van der Waals surface area contributed by atoms with E-state index in [-0.39, 0.29) is 50.3 Å². The monoisotopic (exact) mass is 381 g/mol. The third-order valence-electron chi connectivity index (χ3n) is 5.19. The lowest BCUT2D eigenvalue weighted by Gasteiger charge is -2.34. The zero-order chi connectivity index (χ0) is 20.2. The van der Waals surface area contributed by atoms with Crippen molar-refractivity contribution in [2.45, 2.75) is 62.6 Å². The van der Waals surface area contributed by atoms with E-state index in [0.29, 0.717) is 12.0 Å². The standard InChI is InChI=1S/C19H27NO7/c1-3-5-18(9-12(2)8-13(22)10-18)17(25)20-7-4-6-19(26)16(24)15(23)14(11-21)27-19/h1,14-16,21,23-24,26H,2,4-11H2,(H,20,25)/t14-,15-,16+,18?,19-/m1/s1. The molecule has 1 amide bonds. The van der Waals surface area contributed by atoms with Crippen molar-refractivity contribution in [2.75, 3.05) is 13.2 Å². The Hall–Kier alpha value is -1.76. The molecule has 0 bridgehead atoms. The Morgan fingerprint density at radius 1 is 1.41 bits per heavy atom. The lowest BCUT2D eigenvalue weighted by atomic mass is 9.69. The molecule has 8 heteroatoms. The highest BCUT2D eigenvalue weighted by atomic mass is 16.7. The molecule has 5 atom stereocenters. The highest BCUT2D eigenvalue weighted by Crippen LogP contribution is 2.40. The van der Waals surface area contributed by atoms with Gasteiger partial charge in [-0.3, -0.25) is 9.59 Å². The van der Waals surface area contributed by atoms with Crippen LogP contribution in [-0.4, -0.2) is 69.4 Å². The van der Waals surface area contributed by atoms with E-state index < -0.39 is 36.1 Å². The fourth-order valence-electron chi connectivity index (χ4n) is 3.84. The summed E-state index contributed by atoms with van der Waals surface area (Å²) < 4.78 is 5.14. The summed E-state index contributed by atoms with van der Waals surface area (Å²) in [5.74, 6) is 0.0514. The van der Waals surface area contributed by atoms with E-state index in [1.165, 1.54) is 0 Å². The van der Waals surface area contributed by atoms with E-state index in [4.69, 9.17) is 16.3 Å². The highest BCUT2D eigenvalue weighted by Gasteiger charge is 2.52. The highest BCUT2D eigenvalue weighted by molar-refractivity contribution is 5.93. The molecule has 1 aliphatic carbocycles. The quantitative estimate of drug-likeness (QED) is 0.217. The minimum atomic E-state index is -2.00. The number of carbonyl (C=O) groups excluding carboxylic acids is 2. The molecule has 0 aromatic heterocycles. The molecule has 2 fully saturated rings. The van der Waals surface area contributed by atoms with Gasteiger partial charge in [0.25, 0.3) is 0 Å². The van der Waals surface area contributed by atoms with Crippen LogP contribution in [0.25, 0.3) is 0 Å². The molecule has 0 aromatic rings. The molecule has 150 valence electrons. The van der Waals surface area contributed by atoms with Crippen LogP contribution in [-0.2, 0) is 14.3 Å². The summed E-state index contributed by atoms with van der Waals surface area (Å²) in [5, 5.41) is 41.8. The Morgan fingerprint density at radius 2 is 2.11 bits per heavy atom. The average Bonchev–Trinajstić information content (AvgIpc) is 2.82. The topological polar surface area (TPSA) is 136 Å². The first-order chi connectivity index (χ1) is 12.7. The summed E-state index contributed by atoms with van der Waals surface area (Å²) in [6.45, 7) is 3.44. The summed E-state index contributed by atoms with van der Waals surface area (Å²) >= 11 is 0. The van der Waals surface area contributed by atoms with Crippen molar-refractivity contribution >= 4 is 11.7 Å². The summed E-state index contributed by atoms with van der Waals surface area (Å²) in [4.78, 5) is 24.6. The second-order valence-corrected chi connectivity index (χ2v) is 7.46. The fraction of sp³-hybridized carbons (Fsp3) is 0.684. The minimum Gasteiger partial charge on any atom is -0.394 e. The van der Waals surface area contributed by atoms with Gasteiger partial charge in [0, 0.05) is 32.2 Å². The van der Waals surface area contributed by atoms with E-state index in [0.717, 1.165) is 0 Å². The van der Waals surface area contributed by atoms with Gasteiger partial charge in [-0.15, -0.1) is 12.3 Å². The number of aliphatic hydroxyl groups excluding tert-OH is 3. The first kappa shape index (κ1) is 21.5. The summed E-state index contributed by atoms with van der Waals surface area (Å²) in [7, 11) is 0. The maximum Gasteiger partial charge on any atom is 0.227 e. The molecule has 1 heterocycles. The molecule has 27 heavy (non-hydrogen) atoms. The number of amides is 1. The number of hydrogen-bond acceptors (Lipinski definition) is 7. The molecule has 1 saturated heterocycles. The van der Waals surface area contributed by atoms with Crippen molar-refractivity contribution in [2.24, 2.45) is 5.41 Å². The molecular formula is C19H27NO7. The van der Waals surface area contributed by atoms with Gasteiger partial charge >= 0.3 is 0 Å². The van der Waals surface area contributed by atoms with E-state index in [1.807, 2.05) is 0 Å². The van der Waals surface area contributed by atoms with E-state index >= 15 is 0 Å². The van der Waals surface area contributed by atoms with Crippen LogP contribution in [0.4, 0.5) is 0 Å². The van der Waals surface area contributed by atoms with Crippen LogP contribution in [0.2, 0.25) is 0 Å². The number of carbonyl (C=O) groups is 2. The zero-order valence-corrected chi connectivity index (χ0v) is 15.2. The largest absolute Gasteiger partial charge is 0.394 e. The molecule has 0 aromatic carbocycles. The second kappa shape index (κ2) is 8.50. The summed E-state index contributed by atoms with van der Waals surface area (Å²) in [5.41, 5.74) is -0.322. The van der Waals surface area contributed by atoms with E-state index in [9.17, 15) is 24.9 Å². The lowest BCUT2D eigenvalue weighted by Crippen LogP contribution is -2.46. The Bertz CT molecular complexity index is 624. The smallest absolute Gasteiger partial charge is 0.227 e. The Balaban J connectivity index is 1.90. The predicted molar refractivity (Wildman–Crippen MR) is 95.0 cm³/mol. The van der Waals surface area contributed by atoms with Crippen LogP contribution in [0.3, 0.4) is 0 Å². The Kier molecular flexibility index (Phi) is 6.78. The molecule has 0 radical (unpaired) electrons. The van der Waals surface area contributed by atoms with Crippen LogP contribution in [0.15, 0.2) is 12.2 Å². The molecule has 2 aliphatic rings. The number of ether oxygens (including phenoxy) is 1. The number of ketones is 1. The van der Waals surface area contributed by atoms with Gasteiger partial charge in [-0.2, -0.15) is 0 Å². The number of terminal acetylenes is 1. The molecule has 2 rings (SSSR count). The van der Waals surface area contributed by atoms with Gasteiger partial charge in [0.05, 0.1) is 12.0 Å². The second-order valence-electron chi connectivity index (χ2n) is 7.46. The normalized spacial score (nSPS) is 36.5. The van der Waals surface area contributed by atoms with Gasteiger partial charge in [-0.1, -0.05) is 12.2 Å². The SMILES string of the molecule is C#CCC1(C(=O)NCCC[C@@]2(O)O[C@H](CO)[C@@H](O)[C@@H]2O)CC(=C)CC(=O)C1. The number of rotatable bonds is 7. The molecule has 0 spiro atoms. The minimum absolute atomic E-state index is 0.0597. The van der Waals surface area contributed by atoms with Crippen molar-refractivity contribution in [1.29, 1.82) is 0 Å². The number of Topliss-reactive ketones (excluding diaryl/α,β-unsaturated/α-hetero) is 1. The molecule has 8 nitrogen and oxygen atoms in total. The Morgan fingerprint density at radius 3 is 2.67 bits per heavy atom. The number of nitrogens with one attached hydrogen (secondary N) is 1. The van der Waals surface area contributed by atoms with Crippen LogP contribution in [0, 0.1) is 17.8 Å². The van der Waals surface area contributed by atoms with E-state index in [1.54, 1.807) is 0 Å². The van der Waals surface area contributed by atoms with Crippen molar-refractivity contribution in [1.82, 2.24) is 5.32 Å². The maximum absolute atomic E-state index is 12.7. The predicted octanol–water partition coefficient (Wildman–Crippen LogP) is -0.997. The zero-order valence-electron chi connectivity index (χ0n) is 15.2. The Labute approximate surface area is 158 Å². The molecule has 5 N–H and O–H groups in total. The van der Waals surface area contributed by atoms with Crippen molar-refractivity contribution in [3.8, 4) is 12.3 Å².